The third-order valence-electron chi connectivity index (χ3n) is 5.03. The van der Waals surface area contributed by atoms with E-state index in [1.807, 2.05) is 29.2 Å². The average Bonchev–Trinajstić information content (AvgIpc) is 3.14. The fourth-order valence-electron chi connectivity index (χ4n) is 3.45. The van der Waals surface area contributed by atoms with Crippen molar-refractivity contribution in [2.45, 2.75) is 31.8 Å². The standard InChI is InChI=1S/C19H28N2O3/c1-23-17-6-4-16(5-7-17)15-19(22)21-12-10-20(11-13-21)9-8-18-3-2-14-24-18/h4-7,18H,2-3,8-15H2,1H3/t18-/m0/s1. The second kappa shape index (κ2) is 8.49. The molecule has 5 heteroatoms. The number of nitrogens with zero attached hydrogens (tertiary/aromatic N) is 2. The number of ether oxygens (including phenoxy) is 2. The lowest BCUT2D eigenvalue weighted by Crippen LogP contribution is -2.49. The van der Waals surface area contributed by atoms with E-state index in [9.17, 15) is 4.79 Å². The van der Waals surface area contributed by atoms with Crippen molar-refractivity contribution < 1.29 is 14.3 Å². The number of carbonyl (C=O) groups excluding carboxylic acids is 1. The largest absolute Gasteiger partial charge is 0.497 e. The predicted molar refractivity (Wildman–Crippen MR) is 93.3 cm³/mol. The first kappa shape index (κ1) is 17.2. The molecular formula is C19H28N2O3. The maximum absolute atomic E-state index is 12.5. The zero-order chi connectivity index (χ0) is 16.8. The molecular weight excluding hydrogens is 304 g/mol. The fourth-order valence-corrected chi connectivity index (χ4v) is 3.45. The molecule has 5 nitrogen and oxygen atoms in total. The van der Waals surface area contributed by atoms with E-state index in [4.69, 9.17) is 9.47 Å². The number of amides is 1. The van der Waals surface area contributed by atoms with Crippen molar-refractivity contribution in [1.82, 2.24) is 9.80 Å². The predicted octanol–water partition coefficient (Wildman–Crippen LogP) is 1.95. The quantitative estimate of drug-likeness (QED) is 0.798. The normalized spacial score (nSPS) is 21.9. The molecule has 0 spiro atoms. The molecule has 0 aliphatic carbocycles. The van der Waals surface area contributed by atoms with Crippen LogP contribution in [0.3, 0.4) is 0 Å². The molecule has 0 radical (unpaired) electrons. The van der Waals surface area contributed by atoms with Crippen LogP contribution in [0.4, 0.5) is 0 Å². The molecule has 0 saturated carbocycles. The molecule has 2 saturated heterocycles. The number of piperazine rings is 1. The second-order valence-corrected chi connectivity index (χ2v) is 6.67. The van der Waals surface area contributed by atoms with Gasteiger partial charge in [0.05, 0.1) is 19.6 Å². The maximum Gasteiger partial charge on any atom is 0.227 e. The number of hydrogen-bond acceptors (Lipinski definition) is 4. The van der Waals surface area contributed by atoms with E-state index in [0.29, 0.717) is 12.5 Å². The summed E-state index contributed by atoms with van der Waals surface area (Å²) >= 11 is 0. The highest BCUT2D eigenvalue weighted by Gasteiger charge is 2.22. The van der Waals surface area contributed by atoms with Crippen LogP contribution in [-0.2, 0) is 16.0 Å². The summed E-state index contributed by atoms with van der Waals surface area (Å²) in [6, 6.07) is 7.75. The van der Waals surface area contributed by atoms with Gasteiger partial charge in [-0.3, -0.25) is 9.69 Å². The van der Waals surface area contributed by atoms with Gasteiger partial charge in [-0.15, -0.1) is 0 Å². The Morgan fingerprint density at radius 3 is 2.58 bits per heavy atom. The van der Waals surface area contributed by atoms with E-state index < -0.39 is 0 Å². The van der Waals surface area contributed by atoms with Gasteiger partial charge in [-0.25, -0.2) is 0 Å². The van der Waals surface area contributed by atoms with Crippen LogP contribution >= 0.6 is 0 Å². The minimum absolute atomic E-state index is 0.221. The number of hydrogen-bond donors (Lipinski definition) is 0. The van der Waals surface area contributed by atoms with E-state index >= 15 is 0 Å². The van der Waals surface area contributed by atoms with Crippen molar-refractivity contribution in [1.29, 1.82) is 0 Å². The van der Waals surface area contributed by atoms with Crippen molar-refractivity contribution in [3.63, 3.8) is 0 Å². The maximum atomic E-state index is 12.5. The molecule has 2 aliphatic rings. The average molecular weight is 332 g/mol. The fraction of sp³-hybridized carbons (Fsp3) is 0.632. The minimum atomic E-state index is 0.221. The first-order valence-electron chi connectivity index (χ1n) is 8.99. The summed E-state index contributed by atoms with van der Waals surface area (Å²) in [4.78, 5) is 16.9. The first-order valence-corrected chi connectivity index (χ1v) is 8.99. The van der Waals surface area contributed by atoms with E-state index in [-0.39, 0.29) is 5.91 Å². The van der Waals surface area contributed by atoms with E-state index in [2.05, 4.69) is 4.90 Å². The second-order valence-electron chi connectivity index (χ2n) is 6.67. The molecule has 2 aliphatic heterocycles. The van der Waals surface area contributed by atoms with Gasteiger partial charge in [0.2, 0.25) is 5.91 Å². The smallest absolute Gasteiger partial charge is 0.227 e. The SMILES string of the molecule is COc1ccc(CC(=O)N2CCN(CC[C@@H]3CCCO3)CC2)cc1. The van der Waals surface area contributed by atoms with Crippen LogP contribution in [0.5, 0.6) is 5.75 Å². The Morgan fingerprint density at radius 1 is 1.21 bits per heavy atom. The van der Waals surface area contributed by atoms with Crippen LogP contribution in [0.25, 0.3) is 0 Å². The summed E-state index contributed by atoms with van der Waals surface area (Å²) in [5.41, 5.74) is 1.04. The van der Waals surface area contributed by atoms with E-state index in [1.165, 1.54) is 12.8 Å². The Morgan fingerprint density at radius 2 is 1.96 bits per heavy atom. The summed E-state index contributed by atoms with van der Waals surface area (Å²) < 4.78 is 10.8. The summed E-state index contributed by atoms with van der Waals surface area (Å²) in [7, 11) is 1.65. The van der Waals surface area contributed by atoms with E-state index in [1.54, 1.807) is 7.11 Å². The Bertz CT molecular complexity index is 518. The summed E-state index contributed by atoms with van der Waals surface area (Å²) in [6.07, 6.45) is 4.47. The molecule has 2 fully saturated rings. The van der Waals surface area contributed by atoms with Gasteiger partial charge in [-0.1, -0.05) is 12.1 Å². The summed E-state index contributed by atoms with van der Waals surface area (Å²) in [5, 5.41) is 0. The van der Waals surface area contributed by atoms with Crippen LogP contribution in [0, 0.1) is 0 Å². The Kier molecular flexibility index (Phi) is 6.10. The van der Waals surface area contributed by atoms with Gasteiger partial charge >= 0.3 is 0 Å². The lowest BCUT2D eigenvalue weighted by Gasteiger charge is -2.35. The molecule has 132 valence electrons. The highest BCUT2D eigenvalue weighted by Crippen LogP contribution is 2.17. The van der Waals surface area contributed by atoms with Crippen LogP contribution < -0.4 is 4.74 Å². The number of rotatable bonds is 6. The van der Waals surface area contributed by atoms with Gasteiger partial charge in [0.1, 0.15) is 5.75 Å². The first-order chi connectivity index (χ1) is 11.7. The van der Waals surface area contributed by atoms with Crippen molar-refractivity contribution in [3.8, 4) is 5.75 Å². The van der Waals surface area contributed by atoms with Crippen LogP contribution in [-0.4, -0.2) is 68.3 Å². The molecule has 1 aromatic carbocycles. The van der Waals surface area contributed by atoms with E-state index in [0.717, 1.165) is 57.1 Å². The number of benzene rings is 1. The van der Waals surface area contributed by atoms with Crippen molar-refractivity contribution in [2.24, 2.45) is 0 Å². The monoisotopic (exact) mass is 332 g/mol. The molecule has 0 bridgehead atoms. The van der Waals surface area contributed by atoms with Crippen molar-refractivity contribution >= 4 is 5.91 Å². The third kappa shape index (κ3) is 4.71. The lowest BCUT2D eigenvalue weighted by atomic mass is 10.1. The zero-order valence-electron chi connectivity index (χ0n) is 14.6. The Balaban J connectivity index is 1.39. The zero-order valence-corrected chi connectivity index (χ0v) is 14.6. The van der Waals surface area contributed by atoms with Crippen molar-refractivity contribution in [2.75, 3.05) is 46.4 Å². The van der Waals surface area contributed by atoms with Gasteiger partial charge in [-0.05, 0) is 37.0 Å². The van der Waals surface area contributed by atoms with Crippen LogP contribution in [0.2, 0.25) is 0 Å². The highest BCUT2D eigenvalue weighted by atomic mass is 16.5. The molecule has 2 heterocycles. The number of methoxy groups -OCH3 is 1. The third-order valence-corrected chi connectivity index (χ3v) is 5.03. The molecule has 3 rings (SSSR count). The van der Waals surface area contributed by atoms with Crippen LogP contribution in [0.15, 0.2) is 24.3 Å². The summed E-state index contributed by atoms with van der Waals surface area (Å²) in [6.45, 7) is 5.63. The van der Waals surface area contributed by atoms with Crippen LogP contribution in [0.1, 0.15) is 24.8 Å². The lowest BCUT2D eigenvalue weighted by molar-refractivity contribution is -0.132. The molecule has 24 heavy (non-hydrogen) atoms. The minimum Gasteiger partial charge on any atom is -0.497 e. The number of carbonyl (C=O) groups is 1. The van der Waals surface area contributed by atoms with Crippen molar-refractivity contribution in [3.05, 3.63) is 29.8 Å². The molecule has 1 amide bonds. The van der Waals surface area contributed by atoms with Gasteiger partial charge in [-0.2, -0.15) is 0 Å². The topological polar surface area (TPSA) is 42.0 Å². The molecule has 1 atom stereocenters. The van der Waals surface area contributed by atoms with Gasteiger partial charge in [0.15, 0.2) is 0 Å². The van der Waals surface area contributed by atoms with Gasteiger partial charge in [0, 0.05) is 39.3 Å². The molecule has 0 unspecified atom stereocenters. The Labute approximate surface area is 144 Å². The molecule has 0 aromatic heterocycles. The highest BCUT2D eigenvalue weighted by molar-refractivity contribution is 5.78. The van der Waals surface area contributed by atoms with Gasteiger partial charge in [0.25, 0.3) is 0 Å². The molecule has 0 N–H and O–H groups in total. The summed E-state index contributed by atoms with van der Waals surface area (Å²) in [5.74, 6) is 1.05. The van der Waals surface area contributed by atoms with Gasteiger partial charge < -0.3 is 14.4 Å². The Hall–Kier alpha value is -1.59. The molecule has 1 aromatic rings.